The smallest absolute Gasteiger partial charge is 0.462 e. The van der Waals surface area contributed by atoms with Crippen LogP contribution < -0.4 is 0 Å². The van der Waals surface area contributed by atoms with E-state index in [4.69, 9.17) is 18.5 Å². The van der Waals surface area contributed by atoms with Crippen molar-refractivity contribution in [1.29, 1.82) is 0 Å². The van der Waals surface area contributed by atoms with Crippen LogP contribution in [0.1, 0.15) is 258 Å². The molecular formula is C60H111NO8P+. The zero-order chi connectivity index (χ0) is 51.3. The number of allylic oxidation sites excluding steroid dienone is 10. The lowest BCUT2D eigenvalue weighted by atomic mass is 10.0. The Kier molecular flexibility index (Phi) is 49.9. The number of nitrogens with zero attached hydrogens (tertiary/aromatic N) is 1. The summed E-state index contributed by atoms with van der Waals surface area (Å²) in [6.45, 7) is 4.35. The van der Waals surface area contributed by atoms with Crippen molar-refractivity contribution in [3.63, 3.8) is 0 Å². The lowest BCUT2D eigenvalue weighted by molar-refractivity contribution is -0.870. The number of ether oxygens (including phenoxy) is 2. The number of phosphoric acid groups is 1. The molecule has 0 spiro atoms. The van der Waals surface area contributed by atoms with Crippen LogP contribution in [0.25, 0.3) is 0 Å². The van der Waals surface area contributed by atoms with Gasteiger partial charge >= 0.3 is 19.8 Å². The molecule has 0 bridgehead atoms. The first-order valence-electron chi connectivity index (χ1n) is 29.0. The third kappa shape index (κ3) is 55.0. The third-order valence-corrected chi connectivity index (χ3v) is 13.5. The average Bonchev–Trinajstić information content (AvgIpc) is 3.32. The average molecular weight is 1010 g/mol. The van der Waals surface area contributed by atoms with Crippen molar-refractivity contribution in [2.24, 2.45) is 0 Å². The van der Waals surface area contributed by atoms with Crippen LogP contribution in [0.5, 0.6) is 0 Å². The normalized spacial score (nSPS) is 13.7. The number of carbonyl (C=O) groups excluding carboxylic acids is 2. The highest BCUT2D eigenvalue weighted by Gasteiger charge is 2.27. The summed E-state index contributed by atoms with van der Waals surface area (Å²) in [5, 5.41) is 0. The van der Waals surface area contributed by atoms with E-state index in [1.807, 2.05) is 21.1 Å². The highest BCUT2D eigenvalue weighted by atomic mass is 31.2. The minimum atomic E-state index is -4.38. The number of carbonyl (C=O) groups is 2. The van der Waals surface area contributed by atoms with Crippen molar-refractivity contribution >= 4 is 19.8 Å². The van der Waals surface area contributed by atoms with E-state index in [1.54, 1.807) is 0 Å². The highest BCUT2D eigenvalue weighted by molar-refractivity contribution is 7.47. The number of esters is 2. The minimum absolute atomic E-state index is 0.0324. The molecule has 0 radical (unpaired) electrons. The van der Waals surface area contributed by atoms with Crippen LogP contribution in [0.3, 0.4) is 0 Å². The molecule has 9 nitrogen and oxygen atoms in total. The van der Waals surface area contributed by atoms with E-state index in [0.717, 1.165) is 64.2 Å². The van der Waals surface area contributed by atoms with Crippen molar-refractivity contribution < 1.29 is 42.1 Å². The molecule has 2 unspecified atom stereocenters. The predicted octanol–water partition coefficient (Wildman–Crippen LogP) is 17.9. The molecule has 0 aliphatic heterocycles. The molecule has 0 aromatic carbocycles. The Labute approximate surface area is 432 Å². The van der Waals surface area contributed by atoms with Crippen molar-refractivity contribution in [1.82, 2.24) is 0 Å². The summed E-state index contributed by atoms with van der Waals surface area (Å²) in [5.41, 5.74) is 0. The molecule has 408 valence electrons. The second-order valence-electron chi connectivity index (χ2n) is 20.7. The van der Waals surface area contributed by atoms with Gasteiger partial charge in [-0.25, -0.2) is 4.57 Å². The lowest BCUT2D eigenvalue weighted by Gasteiger charge is -2.24. The summed E-state index contributed by atoms with van der Waals surface area (Å²) >= 11 is 0. The molecule has 0 rings (SSSR count). The monoisotopic (exact) mass is 1000 g/mol. The molecule has 1 N–H and O–H groups in total. The summed E-state index contributed by atoms with van der Waals surface area (Å²) in [7, 11) is 1.48. The standard InChI is InChI=1S/C60H110NO8P/c1-6-8-10-12-14-16-18-20-22-23-24-25-26-27-28-29-30-31-32-33-34-35-36-37-39-41-43-45-47-49-51-53-60(63)69-58(57-68-70(64,65)67-55-54-61(3,4)5)56-66-59(62)52-50-48-46-44-42-40-38-21-19-17-15-13-11-9-7-2/h8,10,14,16,20,22,24-25,27-28,58H,6-7,9,11-13,15,17-19,21,23,26,29-57H2,1-5H3/p+1/b10-8-,16-14-,22-20-,25-24-,28-27-. The maximum Gasteiger partial charge on any atom is 0.472 e. The highest BCUT2D eigenvalue weighted by Crippen LogP contribution is 2.43. The molecule has 0 heterocycles. The Morgan fingerprint density at radius 1 is 0.457 bits per heavy atom. The van der Waals surface area contributed by atoms with Gasteiger partial charge in [0.1, 0.15) is 19.8 Å². The quantitative estimate of drug-likeness (QED) is 0.0211. The largest absolute Gasteiger partial charge is 0.472 e. The Bertz CT molecular complexity index is 1370. The van der Waals surface area contributed by atoms with Gasteiger partial charge in [0, 0.05) is 12.8 Å². The van der Waals surface area contributed by atoms with Crippen molar-refractivity contribution in [2.45, 2.75) is 264 Å². The van der Waals surface area contributed by atoms with Crippen LogP contribution in [0.4, 0.5) is 0 Å². The Balaban J connectivity index is 4.08. The van der Waals surface area contributed by atoms with Gasteiger partial charge in [-0.1, -0.05) is 248 Å². The Morgan fingerprint density at radius 2 is 0.814 bits per heavy atom. The number of rotatable bonds is 53. The number of hydrogen-bond acceptors (Lipinski definition) is 7. The summed E-state index contributed by atoms with van der Waals surface area (Å²) in [6.07, 6.45) is 65.7. The fraction of sp³-hybridized carbons (Fsp3) is 0.800. The van der Waals surface area contributed by atoms with Crippen LogP contribution in [0.2, 0.25) is 0 Å². The molecule has 10 heteroatoms. The fourth-order valence-electron chi connectivity index (χ4n) is 8.10. The van der Waals surface area contributed by atoms with Crippen molar-refractivity contribution in [3.8, 4) is 0 Å². The summed E-state index contributed by atoms with van der Waals surface area (Å²) in [5.74, 6) is -0.788. The minimum Gasteiger partial charge on any atom is -0.462 e. The summed E-state index contributed by atoms with van der Waals surface area (Å²) in [4.78, 5) is 35.6. The van der Waals surface area contributed by atoms with E-state index in [-0.39, 0.29) is 25.6 Å². The molecular weight excluding hydrogens is 894 g/mol. The van der Waals surface area contributed by atoms with Gasteiger partial charge in [-0.3, -0.25) is 18.6 Å². The van der Waals surface area contributed by atoms with E-state index >= 15 is 0 Å². The van der Waals surface area contributed by atoms with Crippen LogP contribution in [0.15, 0.2) is 60.8 Å². The molecule has 0 aliphatic carbocycles. The van der Waals surface area contributed by atoms with E-state index in [9.17, 15) is 19.0 Å². The molecule has 70 heavy (non-hydrogen) atoms. The number of phosphoric ester groups is 1. The van der Waals surface area contributed by atoms with Crippen LogP contribution in [-0.2, 0) is 32.7 Å². The van der Waals surface area contributed by atoms with E-state index in [2.05, 4.69) is 74.6 Å². The summed E-state index contributed by atoms with van der Waals surface area (Å²) in [6, 6.07) is 0. The van der Waals surface area contributed by atoms with Crippen molar-refractivity contribution in [2.75, 3.05) is 47.5 Å². The van der Waals surface area contributed by atoms with Gasteiger partial charge in [0.25, 0.3) is 0 Å². The lowest BCUT2D eigenvalue weighted by Crippen LogP contribution is -2.37. The fourth-order valence-corrected chi connectivity index (χ4v) is 8.84. The summed E-state index contributed by atoms with van der Waals surface area (Å²) < 4.78 is 34.5. The Hall–Kier alpha value is -2.29. The predicted molar refractivity (Wildman–Crippen MR) is 298 cm³/mol. The number of likely N-dealkylation sites (N-methyl/N-ethyl adjacent to an activating group) is 1. The van der Waals surface area contributed by atoms with Gasteiger partial charge in [0.2, 0.25) is 0 Å². The first-order valence-corrected chi connectivity index (χ1v) is 30.5. The van der Waals surface area contributed by atoms with Gasteiger partial charge in [-0.2, -0.15) is 0 Å². The third-order valence-electron chi connectivity index (χ3n) is 12.6. The van der Waals surface area contributed by atoms with E-state index in [1.165, 1.54) is 161 Å². The molecule has 0 aliphatic rings. The first kappa shape index (κ1) is 67.7. The SMILES string of the molecule is CC/C=C\C/C=C\C/C=C\C/C=C\C/C=C\CCCCCCCCCCCCCCCCCC(=O)OC(COC(=O)CCCCCCCCCCCCCCCCC)COP(=O)(O)OCC[N+](C)(C)C. The van der Waals surface area contributed by atoms with Gasteiger partial charge < -0.3 is 18.9 Å². The van der Waals surface area contributed by atoms with Crippen LogP contribution in [-0.4, -0.2) is 74.9 Å². The maximum atomic E-state index is 12.8. The zero-order valence-corrected chi connectivity index (χ0v) is 47.1. The number of unbranched alkanes of at least 4 members (excludes halogenated alkanes) is 29. The molecule has 0 aromatic heterocycles. The van der Waals surface area contributed by atoms with Gasteiger partial charge in [-0.05, 0) is 57.8 Å². The molecule has 0 amide bonds. The van der Waals surface area contributed by atoms with Crippen LogP contribution in [0, 0.1) is 0 Å². The maximum absolute atomic E-state index is 12.8. The van der Waals surface area contributed by atoms with Crippen molar-refractivity contribution in [3.05, 3.63) is 60.8 Å². The number of hydrogen-bond donors (Lipinski definition) is 1. The molecule has 0 aromatic rings. The number of quaternary nitrogens is 1. The second kappa shape index (κ2) is 51.6. The van der Waals surface area contributed by atoms with E-state index < -0.39 is 26.5 Å². The zero-order valence-electron chi connectivity index (χ0n) is 46.2. The Morgan fingerprint density at radius 3 is 1.21 bits per heavy atom. The molecule has 0 saturated heterocycles. The first-order chi connectivity index (χ1) is 34.0. The van der Waals surface area contributed by atoms with E-state index in [0.29, 0.717) is 23.9 Å². The van der Waals surface area contributed by atoms with Gasteiger partial charge in [-0.15, -0.1) is 0 Å². The second-order valence-corrected chi connectivity index (χ2v) is 22.1. The van der Waals surface area contributed by atoms with Crippen LogP contribution >= 0.6 is 7.82 Å². The molecule has 0 saturated carbocycles. The molecule has 2 atom stereocenters. The topological polar surface area (TPSA) is 108 Å². The molecule has 0 fully saturated rings. The van der Waals surface area contributed by atoms with Gasteiger partial charge in [0.05, 0.1) is 27.7 Å². The van der Waals surface area contributed by atoms with Gasteiger partial charge in [0.15, 0.2) is 6.10 Å².